The van der Waals surface area contributed by atoms with E-state index in [4.69, 9.17) is 19.5 Å². The minimum atomic E-state index is -4.16. The van der Waals surface area contributed by atoms with Gasteiger partial charge < -0.3 is 14.9 Å². The topological polar surface area (TPSA) is 113 Å². The predicted molar refractivity (Wildman–Crippen MR) is 52.7 cm³/mol. The van der Waals surface area contributed by atoms with Crippen LogP contribution in [0.25, 0.3) is 0 Å². The zero-order valence-electron chi connectivity index (χ0n) is 8.95. The zero-order valence-corrected chi connectivity index (χ0v) is 9.77. The molecular weight excluding hydrogens is 228 g/mol. The van der Waals surface area contributed by atoms with Gasteiger partial charge in [-0.05, 0) is 13.8 Å². The van der Waals surface area contributed by atoms with E-state index in [2.05, 4.69) is 4.18 Å². The van der Waals surface area contributed by atoms with Crippen LogP contribution in [0.1, 0.15) is 13.8 Å². The van der Waals surface area contributed by atoms with Crippen LogP contribution < -0.4 is 0 Å². The van der Waals surface area contributed by atoms with Gasteiger partial charge >= 0.3 is 10.4 Å². The highest BCUT2D eigenvalue weighted by Crippen LogP contribution is 1.90. The first-order valence-electron chi connectivity index (χ1n) is 4.16. The Morgan fingerprint density at radius 1 is 1.33 bits per heavy atom. The van der Waals surface area contributed by atoms with Crippen LogP contribution >= 0.6 is 0 Å². The Labute approximate surface area is 89.6 Å². The first kappa shape index (κ1) is 17.2. The minimum absolute atomic E-state index is 0.00667. The van der Waals surface area contributed by atoms with Crippen molar-refractivity contribution in [2.24, 2.45) is 0 Å². The lowest BCUT2D eigenvalue weighted by Crippen LogP contribution is -2.19. The third-order valence-electron chi connectivity index (χ3n) is 1.09. The molecule has 0 aliphatic carbocycles. The van der Waals surface area contributed by atoms with Gasteiger partial charge in [-0.1, -0.05) is 0 Å². The molecule has 0 saturated carbocycles. The molecule has 7 nitrogen and oxygen atoms in total. The molecule has 0 aliphatic rings. The van der Waals surface area contributed by atoms with Crippen LogP contribution in [-0.2, 0) is 19.3 Å². The minimum Gasteiger partial charge on any atom is -0.394 e. The first-order valence-corrected chi connectivity index (χ1v) is 5.53. The van der Waals surface area contributed by atoms with Gasteiger partial charge in [-0.2, -0.15) is 8.42 Å². The summed E-state index contributed by atoms with van der Waals surface area (Å²) >= 11 is 0. The van der Waals surface area contributed by atoms with Crippen LogP contribution in [0.5, 0.6) is 0 Å². The third kappa shape index (κ3) is 20.0. The van der Waals surface area contributed by atoms with Gasteiger partial charge in [-0.3, -0.25) is 8.74 Å². The highest BCUT2D eigenvalue weighted by Gasteiger charge is 2.00. The van der Waals surface area contributed by atoms with E-state index in [1.807, 2.05) is 0 Å². The van der Waals surface area contributed by atoms with Crippen molar-refractivity contribution in [2.45, 2.75) is 26.1 Å². The summed E-state index contributed by atoms with van der Waals surface area (Å²) in [6.07, 6.45) is -0.612. The van der Waals surface area contributed by atoms with E-state index in [1.54, 1.807) is 13.8 Å². The van der Waals surface area contributed by atoms with Crippen LogP contribution in [-0.4, -0.2) is 55.7 Å². The second-order valence-corrected chi connectivity index (χ2v) is 3.96. The molecular formula is C7H18O7S. The number of aliphatic hydroxyl groups is 2. The number of hydrogen-bond donors (Lipinski definition) is 3. The van der Waals surface area contributed by atoms with Gasteiger partial charge in [0.15, 0.2) is 0 Å². The lowest BCUT2D eigenvalue weighted by molar-refractivity contribution is -0.0177. The summed E-state index contributed by atoms with van der Waals surface area (Å²) in [6, 6.07) is 0. The average Bonchev–Trinajstić information content (AvgIpc) is 2.14. The van der Waals surface area contributed by atoms with E-state index < -0.39 is 16.5 Å². The lowest BCUT2D eigenvalue weighted by atomic mass is 10.4. The van der Waals surface area contributed by atoms with Crippen molar-refractivity contribution in [2.75, 3.05) is 20.3 Å². The van der Waals surface area contributed by atoms with Crippen molar-refractivity contribution in [3.63, 3.8) is 0 Å². The zero-order chi connectivity index (χ0) is 12.5. The van der Waals surface area contributed by atoms with Gasteiger partial charge in [0.2, 0.25) is 0 Å². The maximum absolute atomic E-state index is 9.33. The van der Waals surface area contributed by atoms with Crippen molar-refractivity contribution < 1.29 is 32.1 Å². The number of ether oxygens (including phenoxy) is 1. The highest BCUT2D eigenvalue weighted by molar-refractivity contribution is 7.80. The summed E-state index contributed by atoms with van der Waals surface area (Å²) in [5.74, 6) is 0. The van der Waals surface area contributed by atoms with Crippen molar-refractivity contribution in [3.8, 4) is 0 Å². The molecule has 15 heavy (non-hydrogen) atoms. The molecule has 0 aromatic heterocycles. The summed E-state index contributed by atoms with van der Waals surface area (Å²) in [5, 5.41) is 17.1. The molecule has 0 radical (unpaired) electrons. The van der Waals surface area contributed by atoms with Crippen LogP contribution in [0.4, 0.5) is 0 Å². The number of rotatable bonds is 5. The second kappa shape index (κ2) is 9.01. The predicted octanol–water partition coefficient (Wildman–Crippen LogP) is -0.800. The molecule has 0 aromatic carbocycles. The standard InChI is InChI=1S/C6H14O3.CH4O4S/c1-5(8)4-9-6(2)3-7;1-5-6(2,3)4/h5-8H,3-4H2,1-2H3;1H3,(H,2,3,4). The fraction of sp³-hybridized carbons (Fsp3) is 1.00. The molecule has 0 spiro atoms. The van der Waals surface area contributed by atoms with Gasteiger partial charge in [0.25, 0.3) is 0 Å². The van der Waals surface area contributed by atoms with E-state index in [0.29, 0.717) is 6.61 Å². The first-order chi connectivity index (χ1) is 6.72. The molecule has 0 fully saturated rings. The molecule has 0 aliphatic heterocycles. The molecule has 94 valence electrons. The Balaban J connectivity index is 0. The van der Waals surface area contributed by atoms with Gasteiger partial charge in [0.05, 0.1) is 32.5 Å². The maximum atomic E-state index is 9.33. The summed E-state index contributed by atoms with van der Waals surface area (Å²) in [5.41, 5.74) is 0. The average molecular weight is 246 g/mol. The molecule has 0 aromatic rings. The van der Waals surface area contributed by atoms with E-state index in [-0.39, 0.29) is 12.7 Å². The van der Waals surface area contributed by atoms with Gasteiger partial charge in [0.1, 0.15) is 0 Å². The normalized spacial score (nSPS) is 15.1. The molecule has 0 amide bonds. The van der Waals surface area contributed by atoms with E-state index in [0.717, 1.165) is 7.11 Å². The molecule has 0 heterocycles. The molecule has 0 rings (SSSR count). The smallest absolute Gasteiger partial charge is 0.394 e. The molecule has 8 heteroatoms. The van der Waals surface area contributed by atoms with Crippen LogP contribution in [0.2, 0.25) is 0 Å². The molecule has 2 atom stereocenters. The van der Waals surface area contributed by atoms with Crippen LogP contribution in [0, 0.1) is 0 Å². The Morgan fingerprint density at radius 3 is 1.93 bits per heavy atom. The number of hydrogen-bond acceptors (Lipinski definition) is 6. The van der Waals surface area contributed by atoms with Crippen LogP contribution in [0.3, 0.4) is 0 Å². The van der Waals surface area contributed by atoms with Gasteiger partial charge in [-0.15, -0.1) is 0 Å². The Hall–Kier alpha value is -0.250. The van der Waals surface area contributed by atoms with Gasteiger partial charge in [-0.25, -0.2) is 0 Å². The Kier molecular flexibility index (Phi) is 10.3. The van der Waals surface area contributed by atoms with Crippen molar-refractivity contribution >= 4 is 10.4 Å². The molecule has 0 saturated heterocycles. The maximum Gasteiger partial charge on any atom is 0.397 e. The monoisotopic (exact) mass is 246 g/mol. The van der Waals surface area contributed by atoms with E-state index >= 15 is 0 Å². The third-order valence-corrected chi connectivity index (χ3v) is 1.51. The summed E-state index contributed by atoms with van der Waals surface area (Å²) in [4.78, 5) is 0. The van der Waals surface area contributed by atoms with Gasteiger partial charge in [0, 0.05) is 0 Å². The molecule has 3 N–H and O–H groups in total. The summed E-state index contributed by atoms with van der Waals surface area (Å²) < 4.78 is 34.7. The Bertz CT molecular complexity index is 223. The summed E-state index contributed by atoms with van der Waals surface area (Å²) in [7, 11) is -3.29. The van der Waals surface area contributed by atoms with Crippen molar-refractivity contribution in [1.82, 2.24) is 0 Å². The fourth-order valence-electron chi connectivity index (χ4n) is 0.356. The second-order valence-electron chi connectivity index (χ2n) is 2.77. The number of aliphatic hydroxyl groups excluding tert-OH is 2. The van der Waals surface area contributed by atoms with Crippen molar-refractivity contribution in [3.05, 3.63) is 0 Å². The Morgan fingerprint density at radius 2 is 1.73 bits per heavy atom. The SMILES string of the molecule is CC(O)COC(C)CO.COS(=O)(=O)O. The van der Waals surface area contributed by atoms with Crippen molar-refractivity contribution in [1.29, 1.82) is 0 Å². The molecule has 0 bridgehead atoms. The van der Waals surface area contributed by atoms with E-state index in [1.165, 1.54) is 0 Å². The highest BCUT2D eigenvalue weighted by atomic mass is 32.3. The lowest BCUT2D eigenvalue weighted by Gasteiger charge is -2.10. The van der Waals surface area contributed by atoms with E-state index in [9.17, 15) is 8.42 Å². The largest absolute Gasteiger partial charge is 0.397 e. The quantitative estimate of drug-likeness (QED) is 0.544. The molecule has 2 unspecified atom stereocenters. The fourth-order valence-corrected chi connectivity index (χ4v) is 0.356. The van der Waals surface area contributed by atoms with Crippen LogP contribution in [0.15, 0.2) is 0 Å². The summed E-state index contributed by atoms with van der Waals surface area (Å²) in [6.45, 7) is 3.70.